The van der Waals surface area contributed by atoms with E-state index in [2.05, 4.69) is 0 Å². The second-order valence-electron chi connectivity index (χ2n) is 2.25. The van der Waals surface area contributed by atoms with Crippen molar-refractivity contribution in [2.45, 2.75) is 19.4 Å². The maximum atomic E-state index is 10.5. The van der Waals surface area contributed by atoms with Gasteiger partial charge in [-0.25, -0.2) is 4.21 Å². The van der Waals surface area contributed by atoms with E-state index in [0.29, 0.717) is 0 Å². The second-order valence-corrected chi connectivity index (χ2v) is 3.21. The molecule has 1 aliphatic heterocycles. The van der Waals surface area contributed by atoms with Crippen LogP contribution in [0.1, 0.15) is 13.8 Å². The van der Waals surface area contributed by atoms with Crippen LogP contribution in [0.4, 0.5) is 0 Å². The lowest BCUT2D eigenvalue weighted by atomic mass is 10.1. The molecule has 0 aliphatic carbocycles. The predicted octanol–water partition coefficient (Wildman–Crippen LogP) is 0.973. The maximum absolute atomic E-state index is 10.5. The molecule has 1 unspecified atom stereocenters. The highest BCUT2D eigenvalue weighted by atomic mass is 32.2. The van der Waals surface area contributed by atoms with E-state index in [-0.39, 0.29) is 5.60 Å². The molecule has 0 aromatic rings. The van der Waals surface area contributed by atoms with Crippen LogP contribution in [0.25, 0.3) is 0 Å². The summed E-state index contributed by atoms with van der Waals surface area (Å²) in [5.41, 5.74) is -0.315. The summed E-state index contributed by atoms with van der Waals surface area (Å²) in [5, 5.41) is 1.56. The Kier molecular flexibility index (Phi) is 1.25. The molecule has 0 bridgehead atoms. The monoisotopic (exact) mass is 132 g/mol. The SMILES string of the molecule is CC1(C)C=CS(=O)O1. The molecule has 0 aromatic carbocycles. The zero-order valence-electron chi connectivity index (χ0n) is 4.88. The standard InChI is InChI=1S/C5H8O2S/c1-5(2)3-4-8(6)7-5/h3-4H,1-2H3. The summed E-state index contributed by atoms with van der Waals surface area (Å²) < 4.78 is 15.4. The third-order valence-electron chi connectivity index (χ3n) is 0.877. The molecule has 0 radical (unpaired) electrons. The number of hydrogen-bond acceptors (Lipinski definition) is 2. The highest BCUT2D eigenvalue weighted by molar-refractivity contribution is 7.83. The molecule has 1 atom stereocenters. The van der Waals surface area contributed by atoms with Gasteiger partial charge in [-0.15, -0.1) is 0 Å². The van der Waals surface area contributed by atoms with Gasteiger partial charge in [-0.2, -0.15) is 0 Å². The molecule has 0 saturated carbocycles. The van der Waals surface area contributed by atoms with Crippen LogP contribution in [0.5, 0.6) is 0 Å². The predicted molar refractivity (Wildman–Crippen MR) is 32.4 cm³/mol. The van der Waals surface area contributed by atoms with E-state index in [0.717, 1.165) is 0 Å². The van der Waals surface area contributed by atoms with Crippen molar-refractivity contribution in [3.63, 3.8) is 0 Å². The molecule has 8 heavy (non-hydrogen) atoms. The molecule has 2 nitrogen and oxygen atoms in total. The van der Waals surface area contributed by atoms with Gasteiger partial charge in [-0.1, -0.05) is 0 Å². The fraction of sp³-hybridized carbons (Fsp3) is 0.600. The first-order chi connectivity index (χ1) is 3.60. The van der Waals surface area contributed by atoms with Gasteiger partial charge in [0.15, 0.2) is 11.1 Å². The van der Waals surface area contributed by atoms with Gasteiger partial charge in [0.2, 0.25) is 0 Å². The molecular weight excluding hydrogens is 124 g/mol. The molecule has 0 spiro atoms. The summed E-state index contributed by atoms with van der Waals surface area (Å²) in [6.45, 7) is 3.74. The molecule has 0 aromatic heterocycles. The minimum Gasteiger partial charge on any atom is -0.277 e. The molecule has 46 valence electrons. The molecule has 0 fully saturated rings. The summed E-state index contributed by atoms with van der Waals surface area (Å²) in [4.78, 5) is 0. The Morgan fingerprint density at radius 2 is 2.25 bits per heavy atom. The van der Waals surface area contributed by atoms with E-state index in [9.17, 15) is 4.21 Å². The fourth-order valence-corrected chi connectivity index (χ4v) is 1.46. The lowest BCUT2D eigenvalue weighted by Gasteiger charge is -2.10. The third-order valence-corrected chi connectivity index (χ3v) is 1.83. The van der Waals surface area contributed by atoms with Crippen LogP contribution < -0.4 is 0 Å². The van der Waals surface area contributed by atoms with E-state index >= 15 is 0 Å². The van der Waals surface area contributed by atoms with Crippen LogP contribution in [-0.4, -0.2) is 9.81 Å². The van der Waals surface area contributed by atoms with Crippen LogP contribution in [0, 0.1) is 0 Å². The zero-order chi connectivity index (χ0) is 6.20. The quantitative estimate of drug-likeness (QED) is 0.491. The van der Waals surface area contributed by atoms with Crippen LogP contribution in [0.3, 0.4) is 0 Å². The van der Waals surface area contributed by atoms with Crippen molar-refractivity contribution >= 4 is 11.1 Å². The van der Waals surface area contributed by atoms with Crippen molar-refractivity contribution in [1.82, 2.24) is 0 Å². The smallest absolute Gasteiger partial charge is 0.182 e. The van der Waals surface area contributed by atoms with Gasteiger partial charge in [0, 0.05) is 5.41 Å². The van der Waals surface area contributed by atoms with Gasteiger partial charge in [-0.3, -0.25) is 4.18 Å². The Labute approximate surface area is 51.2 Å². The first-order valence-electron chi connectivity index (χ1n) is 2.40. The van der Waals surface area contributed by atoms with E-state index in [1.165, 1.54) is 0 Å². The lowest BCUT2D eigenvalue weighted by Crippen LogP contribution is -2.15. The van der Waals surface area contributed by atoms with Crippen LogP contribution in [-0.2, 0) is 15.3 Å². The highest BCUT2D eigenvalue weighted by Gasteiger charge is 2.22. The Balaban J connectivity index is 2.72. The average molecular weight is 132 g/mol. The second kappa shape index (κ2) is 1.67. The van der Waals surface area contributed by atoms with Crippen LogP contribution in [0.2, 0.25) is 0 Å². The van der Waals surface area contributed by atoms with Gasteiger partial charge >= 0.3 is 0 Å². The minimum atomic E-state index is -1.17. The lowest BCUT2D eigenvalue weighted by molar-refractivity contribution is 0.197. The van der Waals surface area contributed by atoms with Crippen molar-refractivity contribution in [3.05, 3.63) is 11.5 Å². The molecule has 1 rings (SSSR count). The van der Waals surface area contributed by atoms with Gasteiger partial charge < -0.3 is 0 Å². The van der Waals surface area contributed by atoms with Gasteiger partial charge in [0.1, 0.15) is 0 Å². The fourth-order valence-electron chi connectivity index (χ4n) is 0.487. The van der Waals surface area contributed by atoms with Crippen molar-refractivity contribution in [2.24, 2.45) is 0 Å². The van der Waals surface area contributed by atoms with Crippen LogP contribution >= 0.6 is 0 Å². The third kappa shape index (κ3) is 1.17. The highest BCUT2D eigenvalue weighted by Crippen LogP contribution is 2.19. The molecule has 1 heterocycles. The summed E-state index contributed by atoms with van der Waals surface area (Å²) in [5.74, 6) is 0. The number of hydrogen-bond donors (Lipinski definition) is 0. The summed E-state index contributed by atoms with van der Waals surface area (Å²) in [6, 6.07) is 0. The summed E-state index contributed by atoms with van der Waals surface area (Å²) >= 11 is -1.17. The first-order valence-corrected chi connectivity index (χ1v) is 3.53. The average Bonchev–Trinajstić information content (AvgIpc) is 1.82. The summed E-state index contributed by atoms with van der Waals surface area (Å²) in [6.07, 6.45) is 1.79. The summed E-state index contributed by atoms with van der Waals surface area (Å²) in [7, 11) is 0. The minimum absolute atomic E-state index is 0.315. The van der Waals surface area contributed by atoms with Crippen molar-refractivity contribution in [1.29, 1.82) is 0 Å². The van der Waals surface area contributed by atoms with Crippen LogP contribution in [0.15, 0.2) is 11.5 Å². The van der Waals surface area contributed by atoms with Gasteiger partial charge in [0.25, 0.3) is 0 Å². The first kappa shape index (κ1) is 5.98. The van der Waals surface area contributed by atoms with Crippen molar-refractivity contribution in [3.8, 4) is 0 Å². The molecular formula is C5H8O2S. The maximum Gasteiger partial charge on any atom is 0.182 e. The Morgan fingerprint density at radius 1 is 1.62 bits per heavy atom. The van der Waals surface area contributed by atoms with Crippen molar-refractivity contribution < 1.29 is 8.39 Å². The molecule has 0 N–H and O–H groups in total. The largest absolute Gasteiger partial charge is 0.277 e. The zero-order valence-corrected chi connectivity index (χ0v) is 5.70. The Hall–Kier alpha value is -0.150. The Bertz CT molecular complexity index is 149. The molecule has 3 heteroatoms. The van der Waals surface area contributed by atoms with E-state index in [1.54, 1.807) is 11.5 Å². The molecule has 1 aliphatic rings. The number of rotatable bonds is 0. The van der Waals surface area contributed by atoms with E-state index in [1.807, 2.05) is 13.8 Å². The van der Waals surface area contributed by atoms with Gasteiger partial charge in [0.05, 0.1) is 5.60 Å². The van der Waals surface area contributed by atoms with E-state index < -0.39 is 11.1 Å². The van der Waals surface area contributed by atoms with Crippen molar-refractivity contribution in [2.75, 3.05) is 0 Å². The topological polar surface area (TPSA) is 26.3 Å². The molecule has 0 amide bonds. The van der Waals surface area contributed by atoms with E-state index in [4.69, 9.17) is 4.18 Å². The van der Waals surface area contributed by atoms with Gasteiger partial charge in [-0.05, 0) is 19.9 Å². The molecule has 0 saturated heterocycles. The Morgan fingerprint density at radius 3 is 2.38 bits per heavy atom. The normalized spacial score (nSPS) is 33.5.